The average molecular weight is 420 g/mol. The Labute approximate surface area is 183 Å². The number of carbonyl (C=O) groups is 2. The lowest BCUT2D eigenvalue weighted by atomic mass is 9.90. The zero-order chi connectivity index (χ0) is 21.7. The standard InChI is InChI=1S/C25H29N3O3/c1-2-16-31-21-8-5-6-19(17-21)24(30)28-14-10-25(11-15-28)18-22(25)23(29)27-13-9-20-7-3-4-12-26-20/h2-8,12,17,22H,1,9-11,13-16,18H2,(H,27,29)/t22-/m0/s1. The molecule has 1 aromatic carbocycles. The number of pyridine rings is 1. The highest BCUT2D eigenvalue weighted by atomic mass is 16.5. The van der Waals surface area contributed by atoms with Crippen molar-refractivity contribution in [1.82, 2.24) is 15.2 Å². The molecule has 1 aliphatic heterocycles. The Morgan fingerprint density at radius 3 is 2.81 bits per heavy atom. The minimum absolute atomic E-state index is 0.0240. The molecular weight excluding hydrogens is 390 g/mol. The number of carbonyl (C=O) groups excluding carboxylic acids is 2. The second-order valence-corrected chi connectivity index (χ2v) is 8.40. The lowest BCUT2D eigenvalue weighted by Crippen LogP contribution is -2.40. The summed E-state index contributed by atoms with van der Waals surface area (Å²) in [6.45, 7) is 6.04. The molecule has 0 radical (unpaired) electrons. The first-order valence-electron chi connectivity index (χ1n) is 10.9. The van der Waals surface area contributed by atoms with E-state index in [0.29, 0.717) is 37.6 Å². The molecule has 1 saturated heterocycles. The van der Waals surface area contributed by atoms with Crippen molar-refractivity contribution in [3.8, 4) is 5.75 Å². The molecule has 2 aliphatic rings. The molecule has 1 N–H and O–H groups in total. The van der Waals surface area contributed by atoms with Gasteiger partial charge in [0.1, 0.15) is 12.4 Å². The van der Waals surface area contributed by atoms with Gasteiger partial charge in [-0.3, -0.25) is 14.6 Å². The van der Waals surface area contributed by atoms with Gasteiger partial charge in [0.05, 0.1) is 0 Å². The van der Waals surface area contributed by atoms with Gasteiger partial charge in [-0.25, -0.2) is 0 Å². The summed E-state index contributed by atoms with van der Waals surface area (Å²) in [5.41, 5.74) is 1.69. The Morgan fingerprint density at radius 1 is 1.23 bits per heavy atom. The van der Waals surface area contributed by atoms with Crippen LogP contribution in [-0.4, -0.2) is 47.9 Å². The van der Waals surface area contributed by atoms with Gasteiger partial charge in [0.2, 0.25) is 5.91 Å². The molecule has 0 bridgehead atoms. The minimum atomic E-state index is 0.0240. The van der Waals surface area contributed by atoms with Gasteiger partial charge in [0.25, 0.3) is 5.91 Å². The van der Waals surface area contributed by atoms with Gasteiger partial charge in [-0.05, 0) is 55.0 Å². The van der Waals surface area contributed by atoms with Crippen molar-refractivity contribution >= 4 is 11.8 Å². The van der Waals surface area contributed by atoms with Crippen LogP contribution < -0.4 is 10.1 Å². The molecule has 2 aromatic rings. The van der Waals surface area contributed by atoms with Crippen molar-refractivity contribution in [2.75, 3.05) is 26.2 Å². The van der Waals surface area contributed by atoms with E-state index in [4.69, 9.17) is 4.74 Å². The van der Waals surface area contributed by atoms with Gasteiger partial charge < -0.3 is 15.0 Å². The third-order valence-corrected chi connectivity index (χ3v) is 6.41. The van der Waals surface area contributed by atoms with Gasteiger partial charge in [-0.15, -0.1) is 0 Å². The second-order valence-electron chi connectivity index (χ2n) is 8.40. The van der Waals surface area contributed by atoms with E-state index in [9.17, 15) is 9.59 Å². The SMILES string of the molecule is C=CCOc1cccc(C(=O)N2CCC3(CC2)C[C@H]3C(=O)NCCc2ccccn2)c1. The van der Waals surface area contributed by atoms with Gasteiger partial charge in [-0.1, -0.05) is 24.8 Å². The first-order chi connectivity index (χ1) is 15.1. The molecule has 4 rings (SSSR count). The molecule has 1 spiro atoms. The summed E-state index contributed by atoms with van der Waals surface area (Å²) in [5.74, 6) is 0.909. The number of hydrogen-bond acceptors (Lipinski definition) is 4. The monoisotopic (exact) mass is 419 g/mol. The topological polar surface area (TPSA) is 71.5 Å². The normalized spacial score (nSPS) is 19.0. The number of nitrogens with zero attached hydrogens (tertiary/aromatic N) is 2. The van der Waals surface area contributed by atoms with E-state index >= 15 is 0 Å². The molecule has 6 nitrogen and oxygen atoms in total. The van der Waals surface area contributed by atoms with Crippen LogP contribution in [0.2, 0.25) is 0 Å². The van der Waals surface area contributed by atoms with Crippen molar-refractivity contribution in [1.29, 1.82) is 0 Å². The van der Waals surface area contributed by atoms with E-state index in [-0.39, 0.29) is 23.1 Å². The molecule has 2 fully saturated rings. The van der Waals surface area contributed by atoms with Crippen LogP contribution in [0.15, 0.2) is 61.3 Å². The fourth-order valence-corrected chi connectivity index (χ4v) is 4.47. The van der Waals surface area contributed by atoms with Gasteiger partial charge in [0.15, 0.2) is 0 Å². The maximum Gasteiger partial charge on any atom is 0.253 e. The molecule has 31 heavy (non-hydrogen) atoms. The quantitative estimate of drug-likeness (QED) is 0.667. The predicted molar refractivity (Wildman–Crippen MR) is 119 cm³/mol. The minimum Gasteiger partial charge on any atom is -0.490 e. The third kappa shape index (κ3) is 4.95. The largest absolute Gasteiger partial charge is 0.490 e. The number of benzene rings is 1. The van der Waals surface area contributed by atoms with Crippen LogP contribution in [-0.2, 0) is 11.2 Å². The number of amides is 2. The Hall–Kier alpha value is -3.15. The zero-order valence-corrected chi connectivity index (χ0v) is 17.8. The molecule has 162 valence electrons. The van der Waals surface area contributed by atoms with Crippen LogP contribution in [0.5, 0.6) is 5.75 Å². The summed E-state index contributed by atoms with van der Waals surface area (Å²) >= 11 is 0. The van der Waals surface area contributed by atoms with Crippen LogP contribution in [0, 0.1) is 11.3 Å². The molecule has 1 aromatic heterocycles. The smallest absolute Gasteiger partial charge is 0.253 e. The maximum absolute atomic E-state index is 12.9. The molecule has 2 heterocycles. The highest BCUT2D eigenvalue weighted by Gasteiger charge is 2.58. The van der Waals surface area contributed by atoms with Crippen molar-refractivity contribution < 1.29 is 14.3 Å². The van der Waals surface area contributed by atoms with Crippen LogP contribution in [0.4, 0.5) is 0 Å². The molecule has 2 amide bonds. The van der Waals surface area contributed by atoms with E-state index in [1.54, 1.807) is 18.3 Å². The Morgan fingerprint density at radius 2 is 2.06 bits per heavy atom. The fraction of sp³-hybridized carbons (Fsp3) is 0.400. The maximum atomic E-state index is 12.9. The fourth-order valence-electron chi connectivity index (χ4n) is 4.47. The molecule has 1 aliphatic carbocycles. The van der Waals surface area contributed by atoms with Crippen molar-refractivity contribution in [3.05, 3.63) is 72.6 Å². The number of ether oxygens (including phenoxy) is 1. The summed E-state index contributed by atoms with van der Waals surface area (Å²) in [7, 11) is 0. The number of hydrogen-bond donors (Lipinski definition) is 1. The van der Waals surface area contributed by atoms with E-state index < -0.39 is 0 Å². The summed E-state index contributed by atoms with van der Waals surface area (Å²) in [6.07, 6.45) is 6.87. The van der Waals surface area contributed by atoms with Crippen molar-refractivity contribution in [2.24, 2.45) is 11.3 Å². The Balaban J connectivity index is 1.25. The third-order valence-electron chi connectivity index (χ3n) is 6.41. The Kier molecular flexibility index (Phi) is 6.35. The van der Waals surface area contributed by atoms with Gasteiger partial charge in [-0.2, -0.15) is 0 Å². The lowest BCUT2D eigenvalue weighted by Gasteiger charge is -2.33. The lowest BCUT2D eigenvalue weighted by molar-refractivity contribution is -0.123. The molecular formula is C25H29N3O3. The number of piperidine rings is 1. The highest BCUT2D eigenvalue weighted by molar-refractivity contribution is 5.94. The molecule has 6 heteroatoms. The summed E-state index contributed by atoms with van der Waals surface area (Å²) in [5, 5.41) is 3.07. The predicted octanol–water partition coefficient (Wildman–Crippen LogP) is 3.25. The summed E-state index contributed by atoms with van der Waals surface area (Å²) in [4.78, 5) is 31.7. The van der Waals surface area contributed by atoms with Crippen molar-refractivity contribution in [2.45, 2.75) is 25.7 Å². The van der Waals surface area contributed by atoms with Crippen molar-refractivity contribution in [3.63, 3.8) is 0 Å². The second kappa shape index (κ2) is 9.33. The summed E-state index contributed by atoms with van der Waals surface area (Å²) in [6, 6.07) is 13.1. The summed E-state index contributed by atoms with van der Waals surface area (Å²) < 4.78 is 5.54. The van der Waals surface area contributed by atoms with Crippen LogP contribution in [0.3, 0.4) is 0 Å². The van der Waals surface area contributed by atoms with Crippen LogP contribution in [0.25, 0.3) is 0 Å². The van der Waals surface area contributed by atoms with Gasteiger partial charge in [0, 0.05) is 49.4 Å². The number of aromatic nitrogens is 1. The zero-order valence-electron chi connectivity index (χ0n) is 17.8. The molecule has 0 unspecified atom stereocenters. The van der Waals surface area contributed by atoms with Gasteiger partial charge >= 0.3 is 0 Å². The van der Waals surface area contributed by atoms with E-state index in [2.05, 4.69) is 16.9 Å². The van der Waals surface area contributed by atoms with Crippen LogP contribution in [0.1, 0.15) is 35.3 Å². The first kappa shape index (κ1) is 21.1. The first-order valence-corrected chi connectivity index (χ1v) is 10.9. The number of likely N-dealkylation sites (tertiary alicyclic amines) is 1. The van der Waals surface area contributed by atoms with Crippen LogP contribution >= 0.6 is 0 Å². The van der Waals surface area contributed by atoms with E-state index in [1.165, 1.54) is 0 Å². The van der Waals surface area contributed by atoms with E-state index in [1.807, 2.05) is 41.3 Å². The van der Waals surface area contributed by atoms with E-state index in [0.717, 1.165) is 31.4 Å². The number of rotatable bonds is 8. The molecule has 1 saturated carbocycles. The average Bonchev–Trinajstić information content (AvgIpc) is 3.51. The highest BCUT2D eigenvalue weighted by Crippen LogP contribution is 2.59. The number of nitrogens with one attached hydrogen (secondary N) is 1. The molecule has 1 atom stereocenters. The Bertz CT molecular complexity index is 936.